The molecule has 2 N–H and O–H groups in total. The molecule has 0 saturated carbocycles. The van der Waals surface area contributed by atoms with Crippen molar-refractivity contribution < 1.29 is 14.3 Å². The first-order chi connectivity index (χ1) is 8.06. The van der Waals surface area contributed by atoms with Crippen molar-refractivity contribution in [3.63, 3.8) is 0 Å². The highest BCUT2D eigenvalue weighted by atomic mass is 79.9. The Labute approximate surface area is 108 Å². The van der Waals surface area contributed by atoms with Gasteiger partial charge in [-0.05, 0) is 34.5 Å². The minimum Gasteiger partial charge on any atom is -0.480 e. The van der Waals surface area contributed by atoms with Gasteiger partial charge in [-0.2, -0.15) is 0 Å². The highest BCUT2D eigenvalue weighted by Crippen LogP contribution is 2.26. The summed E-state index contributed by atoms with van der Waals surface area (Å²) in [4.78, 5) is 11.0. The minimum absolute atomic E-state index is 0.205. The van der Waals surface area contributed by atoms with Gasteiger partial charge in [-0.15, -0.1) is 0 Å². The predicted octanol–water partition coefficient (Wildman–Crippen LogP) is 3.64. The first kappa shape index (κ1) is 14.0. The normalized spacial score (nSPS) is 12.2. The number of rotatable bonds is 6. The number of nitrogens with one attached hydrogen (secondary N) is 1. The summed E-state index contributed by atoms with van der Waals surface area (Å²) in [7, 11) is 0. The third kappa shape index (κ3) is 4.00. The standard InChI is InChI=1S/C12H15BrFNO2/c1-2-3-7-10(12(16)17)15-11-8(13)5-4-6-9(11)14/h4-6,10,15H,2-3,7H2,1H3,(H,16,17). The van der Waals surface area contributed by atoms with E-state index in [1.54, 1.807) is 12.1 Å². The highest BCUT2D eigenvalue weighted by molar-refractivity contribution is 9.10. The van der Waals surface area contributed by atoms with Crippen LogP contribution in [0.3, 0.4) is 0 Å². The molecular formula is C12H15BrFNO2. The van der Waals surface area contributed by atoms with E-state index in [-0.39, 0.29) is 5.69 Å². The Balaban J connectivity index is 2.82. The van der Waals surface area contributed by atoms with Gasteiger partial charge in [0.15, 0.2) is 0 Å². The number of hydrogen-bond donors (Lipinski definition) is 2. The molecule has 5 heteroatoms. The number of carboxylic acids is 1. The Kier molecular flexibility index (Phi) is 5.41. The SMILES string of the molecule is CCCCC(Nc1c(F)cccc1Br)C(=O)O. The molecule has 1 unspecified atom stereocenters. The van der Waals surface area contributed by atoms with Crippen LogP contribution in [0, 0.1) is 5.82 Å². The van der Waals surface area contributed by atoms with Crippen LogP contribution < -0.4 is 5.32 Å². The lowest BCUT2D eigenvalue weighted by atomic mass is 10.1. The molecule has 0 aromatic heterocycles. The number of anilines is 1. The zero-order chi connectivity index (χ0) is 12.8. The summed E-state index contributed by atoms with van der Waals surface area (Å²) < 4.78 is 14.0. The monoisotopic (exact) mass is 303 g/mol. The summed E-state index contributed by atoms with van der Waals surface area (Å²) >= 11 is 3.20. The van der Waals surface area contributed by atoms with Gasteiger partial charge in [0, 0.05) is 4.47 Å². The summed E-state index contributed by atoms with van der Waals surface area (Å²) in [6.45, 7) is 1.98. The Bertz CT molecular complexity index is 378. The van der Waals surface area contributed by atoms with Crippen LogP contribution in [0.15, 0.2) is 22.7 Å². The molecule has 0 radical (unpaired) electrons. The van der Waals surface area contributed by atoms with Gasteiger partial charge < -0.3 is 10.4 Å². The van der Waals surface area contributed by atoms with E-state index < -0.39 is 17.8 Å². The molecule has 1 rings (SSSR count). The Hall–Kier alpha value is -1.10. The van der Waals surface area contributed by atoms with Gasteiger partial charge in [0.1, 0.15) is 11.9 Å². The molecule has 0 saturated heterocycles. The quantitative estimate of drug-likeness (QED) is 0.843. The molecule has 0 amide bonds. The molecule has 3 nitrogen and oxygen atoms in total. The zero-order valence-electron chi connectivity index (χ0n) is 9.54. The van der Waals surface area contributed by atoms with E-state index in [1.165, 1.54) is 6.07 Å². The number of halogens is 2. The summed E-state index contributed by atoms with van der Waals surface area (Å²) in [5, 5.41) is 11.8. The van der Waals surface area contributed by atoms with Crippen molar-refractivity contribution in [1.82, 2.24) is 0 Å². The van der Waals surface area contributed by atoms with Crippen LogP contribution in [0.5, 0.6) is 0 Å². The fraction of sp³-hybridized carbons (Fsp3) is 0.417. The van der Waals surface area contributed by atoms with Crippen LogP contribution in [0.1, 0.15) is 26.2 Å². The molecule has 1 atom stereocenters. The van der Waals surface area contributed by atoms with Crippen molar-refractivity contribution in [3.8, 4) is 0 Å². The van der Waals surface area contributed by atoms with E-state index in [0.29, 0.717) is 10.9 Å². The lowest BCUT2D eigenvalue weighted by Gasteiger charge is -2.17. The molecule has 0 fully saturated rings. The lowest BCUT2D eigenvalue weighted by Crippen LogP contribution is -2.29. The van der Waals surface area contributed by atoms with Crippen molar-refractivity contribution in [3.05, 3.63) is 28.5 Å². The molecule has 0 aliphatic rings. The van der Waals surface area contributed by atoms with E-state index in [2.05, 4.69) is 21.2 Å². The van der Waals surface area contributed by atoms with Crippen LogP contribution in [0.4, 0.5) is 10.1 Å². The molecule has 0 aliphatic carbocycles. The van der Waals surface area contributed by atoms with Gasteiger partial charge >= 0.3 is 5.97 Å². The number of benzene rings is 1. The average Bonchev–Trinajstić information content (AvgIpc) is 2.27. The maximum Gasteiger partial charge on any atom is 0.326 e. The minimum atomic E-state index is -0.964. The van der Waals surface area contributed by atoms with Crippen LogP contribution in [0.25, 0.3) is 0 Å². The fourth-order valence-corrected chi connectivity index (χ4v) is 1.93. The number of carbonyl (C=O) groups is 1. The van der Waals surface area contributed by atoms with Crippen LogP contribution in [-0.2, 0) is 4.79 Å². The van der Waals surface area contributed by atoms with Gasteiger partial charge in [-0.25, -0.2) is 9.18 Å². The Morgan fingerprint density at radius 3 is 2.82 bits per heavy atom. The molecule has 0 bridgehead atoms. The third-order valence-corrected chi connectivity index (χ3v) is 3.09. The first-order valence-electron chi connectivity index (χ1n) is 5.49. The fourth-order valence-electron chi connectivity index (χ4n) is 1.48. The molecule has 0 heterocycles. The van der Waals surface area contributed by atoms with Crippen molar-refractivity contribution in [2.75, 3.05) is 5.32 Å². The third-order valence-electron chi connectivity index (χ3n) is 2.43. The van der Waals surface area contributed by atoms with Crippen LogP contribution in [0.2, 0.25) is 0 Å². The molecule has 0 spiro atoms. The van der Waals surface area contributed by atoms with E-state index >= 15 is 0 Å². The molecule has 94 valence electrons. The predicted molar refractivity (Wildman–Crippen MR) is 68.7 cm³/mol. The second-order valence-corrected chi connectivity index (χ2v) is 4.63. The summed E-state index contributed by atoms with van der Waals surface area (Å²) in [5.41, 5.74) is 0.205. The van der Waals surface area contributed by atoms with Gasteiger partial charge in [-0.3, -0.25) is 0 Å². The van der Waals surface area contributed by atoms with Crippen molar-refractivity contribution in [2.24, 2.45) is 0 Å². The molecule has 17 heavy (non-hydrogen) atoms. The second-order valence-electron chi connectivity index (χ2n) is 3.77. The number of carboxylic acid groups (broad SMARTS) is 1. The first-order valence-corrected chi connectivity index (χ1v) is 6.29. The van der Waals surface area contributed by atoms with Crippen molar-refractivity contribution in [1.29, 1.82) is 0 Å². The van der Waals surface area contributed by atoms with Gasteiger partial charge in [0.2, 0.25) is 0 Å². The summed E-state index contributed by atoms with van der Waals surface area (Å²) in [6.07, 6.45) is 2.17. The molecule has 0 aliphatic heterocycles. The number of hydrogen-bond acceptors (Lipinski definition) is 2. The topological polar surface area (TPSA) is 49.3 Å². The lowest BCUT2D eigenvalue weighted by molar-refractivity contribution is -0.138. The van der Waals surface area contributed by atoms with Gasteiger partial charge in [0.25, 0.3) is 0 Å². The zero-order valence-corrected chi connectivity index (χ0v) is 11.1. The molecular weight excluding hydrogens is 289 g/mol. The number of unbranched alkanes of at least 4 members (excludes halogenated alkanes) is 1. The number of aliphatic carboxylic acids is 1. The maximum atomic E-state index is 13.5. The maximum absolute atomic E-state index is 13.5. The highest BCUT2D eigenvalue weighted by Gasteiger charge is 2.19. The Morgan fingerprint density at radius 1 is 1.59 bits per heavy atom. The van der Waals surface area contributed by atoms with Crippen molar-refractivity contribution >= 4 is 27.6 Å². The second kappa shape index (κ2) is 6.59. The largest absolute Gasteiger partial charge is 0.480 e. The number of para-hydroxylation sites is 1. The van der Waals surface area contributed by atoms with E-state index in [0.717, 1.165) is 12.8 Å². The summed E-state index contributed by atoms with van der Waals surface area (Å²) in [5.74, 6) is -1.42. The van der Waals surface area contributed by atoms with E-state index in [1.807, 2.05) is 6.92 Å². The molecule has 1 aromatic carbocycles. The molecule has 1 aromatic rings. The van der Waals surface area contributed by atoms with Gasteiger partial charge in [-0.1, -0.05) is 25.8 Å². The van der Waals surface area contributed by atoms with Crippen molar-refractivity contribution in [2.45, 2.75) is 32.2 Å². The van der Waals surface area contributed by atoms with E-state index in [4.69, 9.17) is 5.11 Å². The van der Waals surface area contributed by atoms with Crippen LogP contribution >= 0.6 is 15.9 Å². The summed E-state index contributed by atoms with van der Waals surface area (Å²) in [6, 6.07) is 3.77. The smallest absolute Gasteiger partial charge is 0.326 e. The Morgan fingerprint density at radius 2 is 2.29 bits per heavy atom. The van der Waals surface area contributed by atoms with E-state index in [9.17, 15) is 9.18 Å². The van der Waals surface area contributed by atoms with Crippen LogP contribution in [-0.4, -0.2) is 17.1 Å². The van der Waals surface area contributed by atoms with Gasteiger partial charge in [0.05, 0.1) is 5.69 Å². The average molecular weight is 304 g/mol.